The fraction of sp³-hybridized carbons (Fsp3) is 0.719. The van der Waals surface area contributed by atoms with Crippen molar-refractivity contribution < 1.29 is 23.8 Å². The van der Waals surface area contributed by atoms with Gasteiger partial charge in [0.2, 0.25) is 0 Å². The molecular formula is C32H53N3O5Si. The van der Waals surface area contributed by atoms with E-state index in [-0.39, 0.29) is 5.41 Å². The topological polar surface area (TPSA) is 98.8 Å². The van der Waals surface area contributed by atoms with Crippen molar-refractivity contribution in [2.75, 3.05) is 11.9 Å². The third kappa shape index (κ3) is 8.56. The van der Waals surface area contributed by atoms with Crippen LogP contribution >= 0.6 is 0 Å². The average molecular weight is 588 g/mol. The summed E-state index contributed by atoms with van der Waals surface area (Å²) in [5.41, 5.74) is 5.15. The van der Waals surface area contributed by atoms with Crippen LogP contribution in [0, 0.1) is 16.9 Å². The van der Waals surface area contributed by atoms with Gasteiger partial charge in [-0.15, -0.1) is 5.54 Å². The van der Waals surface area contributed by atoms with E-state index < -0.39 is 43.7 Å². The molecule has 41 heavy (non-hydrogen) atoms. The summed E-state index contributed by atoms with van der Waals surface area (Å²) in [7, 11) is -2.03. The Balaban J connectivity index is 2.45. The van der Waals surface area contributed by atoms with Gasteiger partial charge < -0.3 is 24.8 Å². The number of hydrogen-bond acceptors (Lipinski definition) is 6. The van der Waals surface area contributed by atoms with Gasteiger partial charge in [0.05, 0.1) is 11.2 Å². The minimum absolute atomic E-state index is 0.110. The van der Waals surface area contributed by atoms with Gasteiger partial charge in [0.25, 0.3) is 5.91 Å². The monoisotopic (exact) mass is 587 g/mol. The van der Waals surface area contributed by atoms with Gasteiger partial charge in [-0.3, -0.25) is 4.79 Å². The largest absolute Gasteiger partial charge is 0.436 e. The van der Waals surface area contributed by atoms with Gasteiger partial charge in [0.1, 0.15) is 19.6 Å². The number of hydrogen-bond donors (Lipinski definition) is 2. The first-order valence-electron chi connectivity index (χ1n) is 14.8. The van der Waals surface area contributed by atoms with Gasteiger partial charge in [-0.25, -0.2) is 9.78 Å². The predicted molar refractivity (Wildman–Crippen MR) is 167 cm³/mol. The van der Waals surface area contributed by atoms with E-state index in [1.165, 1.54) is 6.92 Å². The van der Waals surface area contributed by atoms with Crippen LogP contribution in [0.3, 0.4) is 0 Å². The maximum Gasteiger partial charge on any atom is 0.407 e. The number of nitrogens with zero attached hydrogens (tertiary/aromatic N) is 1. The number of anilines is 1. The summed E-state index contributed by atoms with van der Waals surface area (Å²) in [6.07, 6.45) is -2.33. The molecule has 230 valence electrons. The number of nitrogens with one attached hydrogen (secondary N) is 2. The predicted octanol–water partition coefficient (Wildman–Crippen LogP) is 7.35. The van der Waals surface area contributed by atoms with Crippen molar-refractivity contribution in [3.8, 4) is 11.5 Å². The lowest BCUT2D eigenvalue weighted by atomic mass is 9.90. The number of amides is 2. The Kier molecular flexibility index (Phi) is 10.9. The van der Waals surface area contributed by atoms with Crippen molar-refractivity contribution >= 4 is 25.9 Å². The Morgan fingerprint density at radius 1 is 0.976 bits per heavy atom. The molecule has 0 spiro atoms. The van der Waals surface area contributed by atoms with Crippen LogP contribution in [-0.2, 0) is 19.0 Å². The van der Waals surface area contributed by atoms with Crippen molar-refractivity contribution in [1.29, 1.82) is 0 Å². The number of ether oxygens (including phenoxy) is 3. The fourth-order valence-corrected chi connectivity index (χ4v) is 10.4. The molecule has 8 nitrogen and oxygen atoms in total. The van der Waals surface area contributed by atoms with Gasteiger partial charge in [0.15, 0.2) is 12.4 Å². The molecule has 1 fully saturated rings. The van der Waals surface area contributed by atoms with Crippen molar-refractivity contribution in [3.05, 3.63) is 23.4 Å². The van der Waals surface area contributed by atoms with E-state index in [2.05, 4.69) is 68.6 Å². The second-order valence-corrected chi connectivity index (χ2v) is 19.9. The molecule has 1 aliphatic rings. The molecule has 0 radical (unpaired) electrons. The van der Waals surface area contributed by atoms with Gasteiger partial charge >= 0.3 is 6.09 Å². The highest BCUT2D eigenvalue weighted by Gasteiger charge is 2.49. The van der Waals surface area contributed by atoms with Crippen LogP contribution in [0.4, 0.5) is 10.6 Å². The normalized spacial score (nSPS) is 17.8. The molecule has 0 saturated carbocycles. The molecule has 1 atom stereocenters. The zero-order chi connectivity index (χ0) is 31.6. The average Bonchev–Trinajstić information content (AvgIpc) is 3.03. The molecule has 1 saturated heterocycles. The molecule has 1 aromatic heterocycles. The summed E-state index contributed by atoms with van der Waals surface area (Å²) in [5, 5.41) is 5.50. The molecule has 0 unspecified atom stereocenters. The summed E-state index contributed by atoms with van der Waals surface area (Å²) < 4.78 is 17.9. The van der Waals surface area contributed by atoms with Gasteiger partial charge in [-0.1, -0.05) is 68.2 Å². The third-order valence-electron chi connectivity index (χ3n) is 8.31. The van der Waals surface area contributed by atoms with Crippen LogP contribution in [-0.4, -0.2) is 48.9 Å². The highest BCUT2D eigenvalue weighted by Crippen LogP contribution is 2.45. The smallest absolute Gasteiger partial charge is 0.407 e. The van der Waals surface area contributed by atoms with E-state index in [0.717, 1.165) is 0 Å². The van der Waals surface area contributed by atoms with Crippen molar-refractivity contribution in [1.82, 2.24) is 10.3 Å². The van der Waals surface area contributed by atoms with Crippen LogP contribution in [0.5, 0.6) is 0 Å². The fourth-order valence-electron chi connectivity index (χ4n) is 5.22. The number of carbonyl (C=O) groups is 2. The zero-order valence-corrected chi connectivity index (χ0v) is 28.7. The number of pyridine rings is 1. The lowest BCUT2D eigenvalue weighted by molar-refractivity contribution is -0.123. The maximum atomic E-state index is 13.0. The molecule has 0 bridgehead atoms. The van der Waals surface area contributed by atoms with Crippen LogP contribution in [0.1, 0.15) is 114 Å². The summed E-state index contributed by atoms with van der Waals surface area (Å²) in [6.45, 7) is 29.5. The highest BCUT2D eigenvalue weighted by molar-refractivity contribution is 6.90. The van der Waals surface area contributed by atoms with E-state index in [4.69, 9.17) is 14.2 Å². The first-order valence-corrected chi connectivity index (χ1v) is 17.0. The zero-order valence-electron chi connectivity index (χ0n) is 27.7. The summed E-state index contributed by atoms with van der Waals surface area (Å²) in [4.78, 5) is 29.9. The molecule has 2 rings (SSSR count). The van der Waals surface area contributed by atoms with Crippen molar-refractivity contribution in [2.45, 2.75) is 137 Å². The van der Waals surface area contributed by atoms with Crippen LogP contribution in [0.15, 0.2) is 12.1 Å². The van der Waals surface area contributed by atoms with E-state index >= 15 is 0 Å². The lowest BCUT2D eigenvalue weighted by Gasteiger charge is -2.38. The number of carbonyl (C=O) groups excluding carboxylic acids is 2. The third-order valence-corrected chi connectivity index (χ3v) is 14.6. The maximum absolute atomic E-state index is 13.0. The quantitative estimate of drug-likeness (QED) is 0.244. The molecule has 2 N–H and O–H groups in total. The van der Waals surface area contributed by atoms with Crippen molar-refractivity contribution in [3.63, 3.8) is 0 Å². The lowest BCUT2D eigenvalue weighted by Crippen LogP contribution is -2.43. The van der Waals surface area contributed by atoms with E-state index in [1.807, 2.05) is 54.5 Å². The van der Waals surface area contributed by atoms with Crippen LogP contribution in [0.2, 0.25) is 16.6 Å². The minimum atomic E-state index is -2.03. The Bertz CT molecular complexity index is 1120. The Hall–Kier alpha value is -2.41. The molecule has 1 aromatic rings. The molecule has 1 aliphatic heterocycles. The molecule has 0 aliphatic carbocycles. The number of rotatable bonds is 8. The number of aromatic nitrogens is 1. The SMILES string of the molecule is CC(C)[Si](C#Cc1cc(C2OC(C)(C)C(C)(C)O2)cc(NC(=O)[C@@H](C)OC(=O)NCC(C)(C)C)n1)(C(C)C)C(C)C. The molecule has 9 heteroatoms. The van der Waals surface area contributed by atoms with Crippen molar-refractivity contribution in [2.24, 2.45) is 5.41 Å². The van der Waals surface area contributed by atoms with Crippen LogP contribution < -0.4 is 10.6 Å². The molecule has 2 amide bonds. The van der Waals surface area contributed by atoms with E-state index in [9.17, 15) is 9.59 Å². The Labute approximate surface area is 249 Å². The Morgan fingerprint density at radius 2 is 1.49 bits per heavy atom. The summed E-state index contributed by atoms with van der Waals surface area (Å²) in [6, 6.07) is 3.61. The number of alkyl carbamates (subject to hydrolysis) is 1. The van der Waals surface area contributed by atoms with Gasteiger partial charge in [-0.05, 0) is 68.8 Å². The summed E-state index contributed by atoms with van der Waals surface area (Å²) >= 11 is 0. The minimum Gasteiger partial charge on any atom is -0.436 e. The van der Waals surface area contributed by atoms with Crippen LogP contribution in [0.25, 0.3) is 0 Å². The summed E-state index contributed by atoms with van der Waals surface area (Å²) in [5.74, 6) is 3.18. The van der Waals surface area contributed by atoms with Gasteiger partial charge in [0, 0.05) is 12.1 Å². The Morgan fingerprint density at radius 3 is 1.95 bits per heavy atom. The highest BCUT2D eigenvalue weighted by atomic mass is 28.3. The van der Waals surface area contributed by atoms with E-state index in [1.54, 1.807) is 6.07 Å². The second kappa shape index (κ2) is 12.8. The first kappa shape index (κ1) is 34.8. The molecule has 2 heterocycles. The molecule has 0 aromatic carbocycles. The first-order chi connectivity index (χ1) is 18.6. The standard InChI is InChI=1S/C32H53N3O5Si/c1-20(2)41(21(3)4,22(5)6)16-15-25-17-24(28-39-31(11,12)32(13,14)40-28)18-26(34-25)35-27(36)23(7)38-29(37)33-19-30(8,9)10/h17-18,20-23,28H,19H2,1-14H3,(H,33,37)(H,34,35,36)/t23-/m1/s1. The van der Waals surface area contributed by atoms with Gasteiger partial charge in [-0.2, -0.15) is 0 Å². The molecular weight excluding hydrogens is 534 g/mol. The van der Waals surface area contributed by atoms with E-state index in [0.29, 0.717) is 40.2 Å². The second-order valence-electron chi connectivity index (χ2n) is 14.4.